The van der Waals surface area contributed by atoms with Gasteiger partial charge in [0.05, 0.1) is 6.61 Å². The van der Waals surface area contributed by atoms with Gasteiger partial charge in [-0.15, -0.1) is 0 Å². The van der Waals surface area contributed by atoms with Gasteiger partial charge in [0, 0.05) is 32.6 Å². The summed E-state index contributed by atoms with van der Waals surface area (Å²) in [6.45, 7) is 7.35. The Labute approximate surface area is 104 Å². The van der Waals surface area contributed by atoms with Gasteiger partial charge in [-0.3, -0.25) is 0 Å². The molecular formula is C14H23NO2. The zero-order valence-corrected chi connectivity index (χ0v) is 11.1. The van der Waals surface area contributed by atoms with Gasteiger partial charge in [-0.2, -0.15) is 0 Å². The first-order valence-electron chi connectivity index (χ1n) is 6.12. The van der Waals surface area contributed by atoms with Gasteiger partial charge >= 0.3 is 0 Å². The Morgan fingerprint density at radius 1 is 1.06 bits per heavy atom. The fourth-order valence-corrected chi connectivity index (χ4v) is 1.75. The molecule has 1 aromatic rings. The van der Waals surface area contributed by atoms with E-state index in [1.165, 1.54) is 16.8 Å². The largest absolute Gasteiger partial charge is 0.385 e. The van der Waals surface area contributed by atoms with Gasteiger partial charge in [-0.05, 0) is 31.4 Å². The summed E-state index contributed by atoms with van der Waals surface area (Å²) in [4.78, 5) is 0. The molecule has 96 valence electrons. The number of rotatable bonds is 8. The summed E-state index contributed by atoms with van der Waals surface area (Å²) in [5.41, 5.74) is 3.79. The number of benzene rings is 1. The van der Waals surface area contributed by atoms with Crippen LogP contribution in [-0.4, -0.2) is 33.5 Å². The maximum absolute atomic E-state index is 5.49. The zero-order chi connectivity index (χ0) is 12.5. The molecule has 0 spiro atoms. The molecule has 0 aromatic heterocycles. The molecule has 1 N–H and O–H groups in total. The van der Waals surface area contributed by atoms with Crippen LogP contribution in [0.15, 0.2) is 18.2 Å². The molecule has 0 atom stereocenters. The van der Waals surface area contributed by atoms with Crippen molar-refractivity contribution in [2.75, 3.05) is 38.8 Å². The van der Waals surface area contributed by atoms with Crippen molar-refractivity contribution >= 4 is 5.69 Å². The first kappa shape index (κ1) is 14.0. The van der Waals surface area contributed by atoms with Crippen molar-refractivity contribution in [3.05, 3.63) is 29.3 Å². The Morgan fingerprint density at radius 3 is 2.41 bits per heavy atom. The molecule has 1 rings (SSSR count). The van der Waals surface area contributed by atoms with Gasteiger partial charge in [-0.1, -0.05) is 18.2 Å². The number of methoxy groups -OCH3 is 1. The van der Waals surface area contributed by atoms with Gasteiger partial charge in [-0.25, -0.2) is 0 Å². The molecule has 0 radical (unpaired) electrons. The van der Waals surface area contributed by atoms with E-state index >= 15 is 0 Å². The summed E-state index contributed by atoms with van der Waals surface area (Å²) in [5.74, 6) is 0. The highest BCUT2D eigenvalue weighted by Gasteiger charge is 2.00. The Bertz CT molecular complexity index is 306. The monoisotopic (exact) mass is 237 g/mol. The van der Waals surface area contributed by atoms with Crippen LogP contribution in [0.3, 0.4) is 0 Å². The average Bonchev–Trinajstić information content (AvgIpc) is 2.31. The SMILES string of the molecule is COCCCOCCNc1c(C)cccc1C. The molecule has 3 heteroatoms. The van der Waals surface area contributed by atoms with Crippen LogP contribution >= 0.6 is 0 Å². The molecule has 0 saturated carbocycles. The van der Waals surface area contributed by atoms with Crippen LogP contribution in [0.1, 0.15) is 17.5 Å². The second-order valence-corrected chi connectivity index (χ2v) is 4.15. The molecule has 3 nitrogen and oxygen atoms in total. The Balaban J connectivity index is 2.18. The minimum Gasteiger partial charge on any atom is -0.385 e. The van der Waals surface area contributed by atoms with Gasteiger partial charge < -0.3 is 14.8 Å². The predicted octanol–water partition coefficient (Wildman–Crippen LogP) is 2.77. The minimum atomic E-state index is 0.734. The Kier molecular flexibility index (Phi) is 6.67. The minimum absolute atomic E-state index is 0.734. The third kappa shape index (κ3) is 5.20. The fourth-order valence-electron chi connectivity index (χ4n) is 1.75. The number of ether oxygens (including phenoxy) is 2. The van der Waals surface area contributed by atoms with E-state index in [9.17, 15) is 0 Å². The van der Waals surface area contributed by atoms with Crippen LogP contribution in [0.2, 0.25) is 0 Å². The number of hydrogen-bond donors (Lipinski definition) is 1. The van der Waals surface area contributed by atoms with E-state index in [1.54, 1.807) is 7.11 Å². The third-order valence-corrected chi connectivity index (χ3v) is 2.67. The van der Waals surface area contributed by atoms with Crippen LogP contribution in [0.4, 0.5) is 5.69 Å². The molecule has 0 heterocycles. The molecule has 0 saturated heterocycles. The van der Waals surface area contributed by atoms with E-state index < -0.39 is 0 Å². The summed E-state index contributed by atoms with van der Waals surface area (Å²) in [7, 11) is 1.71. The lowest BCUT2D eigenvalue weighted by molar-refractivity contribution is 0.109. The lowest BCUT2D eigenvalue weighted by Gasteiger charge is -2.12. The van der Waals surface area contributed by atoms with Crippen molar-refractivity contribution in [3.63, 3.8) is 0 Å². The summed E-state index contributed by atoms with van der Waals surface area (Å²) < 4.78 is 10.4. The van der Waals surface area contributed by atoms with E-state index in [4.69, 9.17) is 9.47 Å². The highest BCUT2D eigenvalue weighted by molar-refractivity contribution is 5.56. The first-order valence-corrected chi connectivity index (χ1v) is 6.12. The van der Waals surface area contributed by atoms with Crippen LogP contribution < -0.4 is 5.32 Å². The van der Waals surface area contributed by atoms with Gasteiger partial charge in [0.15, 0.2) is 0 Å². The van der Waals surface area contributed by atoms with Gasteiger partial charge in [0.25, 0.3) is 0 Å². The summed E-state index contributed by atoms with van der Waals surface area (Å²) in [5, 5.41) is 3.42. The number of para-hydroxylation sites is 1. The molecule has 0 aliphatic rings. The lowest BCUT2D eigenvalue weighted by atomic mass is 10.1. The van der Waals surface area contributed by atoms with Crippen LogP contribution in [-0.2, 0) is 9.47 Å². The summed E-state index contributed by atoms with van der Waals surface area (Å²) >= 11 is 0. The average molecular weight is 237 g/mol. The molecule has 0 aliphatic carbocycles. The topological polar surface area (TPSA) is 30.5 Å². The fraction of sp³-hybridized carbons (Fsp3) is 0.571. The summed E-state index contributed by atoms with van der Waals surface area (Å²) in [6.07, 6.45) is 0.958. The van der Waals surface area contributed by atoms with E-state index in [2.05, 4.69) is 37.4 Å². The zero-order valence-electron chi connectivity index (χ0n) is 11.1. The molecule has 0 aliphatic heterocycles. The molecular weight excluding hydrogens is 214 g/mol. The number of anilines is 1. The molecule has 0 unspecified atom stereocenters. The summed E-state index contributed by atoms with van der Waals surface area (Å²) in [6, 6.07) is 6.32. The van der Waals surface area contributed by atoms with Crippen molar-refractivity contribution in [1.82, 2.24) is 0 Å². The second-order valence-electron chi connectivity index (χ2n) is 4.15. The normalized spacial score (nSPS) is 10.5. The third-order valence-electron chi connectivity index (χ3n) is 2.67. The Morgan fingerprint density at radius 2 is 1.76 bits per heavy atom. The van der Waals surface area contributed by atoms with E-state index in [1.807, 2.05) is 0 Å². The molecule has 1 aromatic carbocycles. The lowest BCUT2D eigenvalue weighted by Crippen LogP contribution is -2.12. The van der Waals surface area contributed by atoms with Crippen molar-refractivity contribution in [2.45, 2.75) is 20.3 Å². The number of aryl methyl sites for hydroxylation is 2. The quantitative estimate of drug-likeness (QED) is 0.705. The van der Waals surface area contributed by atoms with Crippen LogP contribution in [0, 0.1) is 13.8 Å². The standard InChI is InChI=1S/C14H23NO2/c1-12-6-4-7-13(2)14(12)15-8-11-17-10-5-9-16-3/h4,6-7,15H,5,8-11H2,1-3H3. The van der Waals surface area contributed by atoms with Crippen molar-refractivity contribution in [2.24, 2.45) is 0 Å². The molecule has 0 fully saturated rings. The highest BCUT2D eigenvalue weighted by atomic mass is 16.5. The maximum atomic E-state index is 5.49. The Hall–Kier alpha value is -1.06. The van der Waals surface area contributed by atoms with Gasteiger partial charge in [0.1, 0.15) is 0 Å². The van der Waals surface area contributed by atoms with Crippen molar-refractivity contribution < 1.29 is 9.47 Å². The maximum Gasteiger partial charge on any atom is 0.0639 e. The van der Waals surface area contributed by atoms with Crippen LogP contribution in [0.25, 0.3) is 0 Å². The number of hydrogen-bond acceptors (Lipinski definition) is 3. The van der Waals surface area contributed by atoms with E-state index in [-0.39, 0.29) is 0 Å². The molecule has 0 amide bonds. The number of nitrogens with one attached hydrogen (secondary N) is 1. The van der Waals surface area contributed by atoms with Crippen molar-refractivity contribution in [3.8, 4) is 0 Å². The predicted molar refractivity (Wildman–Crippen MR) is 71.7 cm³/mol. The van der Waals surface area contributed by atoms with E-state index in [0.717, 1.165) is 32.8 Å². The highest BCUT2D eigenvalue weighted by Crippen LogP contribution is 2.18. The molecule has 0 bridgehead atoms. The van der Waals surface area contributed by atoms with E-state index in [0.29, 0.717) is 0 Å². The smallest absolute Gasteiger partial charge is 0.0639 e. The van der Waals surface area contributed by atoms with Crippen LogP contribution in [0.5, 0.6) is 0 Å². The van der Waals surface area contributed by atoms with Crippen molar-refractivity contribution in [1.29, 1.82) is 0 Å². The first-order chi connectivity index (χ1) is 8.25. The molecule has 17 heavy (non-hydrogen) atoms. The second kappa shape index (κ2) is 8.09. The van der Waals surface area contributed by atoms with Gasteiger partial charge in [0.2, 0.25) is 0 Å².